The number of benzene rings is 9. The molecule has 9 aromatic carbocycles. The molecule has 0 spiro atoms. The standard InChI is InChI=1S/C59H40N2/c1-5-19-41(20-6-1)55-40-56(61-58(60-55)42-21-7-2-8-22-42)48-28-17-26-46(39-48)44-24-15-23-43(37-44)45-25-16-27-47(38-45)51-34-18-36-54-57(51)52-33-13-14-35-53(52)59(54,49-29-9-3-10-30-49)50-31-11-4-12-32-50/h1-40H. The fourth-order valence-electron chi connectivity index (χ4n) is 9.40. The molecule has 0 radical (unpaired) electrons. The van der Waals surface area contributed by atoms with Gasteiger partial charge < -0.3 is 0 Å². The van der Waals surface area contributed by atoms with Crippen LogP contribution in [0.2, 0.25) is 0 Å². The Morgan fingerprint density at radius 3 is 1.26 bits per heavy atom. The quantitative estimate of drug-likeness (QED) is 0.154. The molecule has 0 bridgehead atoms. The van der Waals surface area contributed by atoms with E-state index >= 15 is 0 Å². The van der Waals surface area contributed by atoms with Gasteiger partial charge in [0.05, 0.1) is 16.8 Å². The molecule has 0 fully saturated rings. The number of aromatic nitrogens is 2. The summed E-state index contributed by atoms with van der Waals surface area (Å²) in [6.45, 7) is 0. The molecular weight excluding hydrogens is 737 g/mol. The molecule has 61 heavy (non-hydrogen) atoms. The van der Waals surface area contributed by atoms with E-state index in [1.807, 2.05) is 24.3 Å². The second-order valence-corrected chi connectivity index (χ2v) is 15.7. The van der Waals surface area contributed by atoms with Crippen LogP contribution in [-0.4, -0.2) is 9.97 Å². The average molecular weight is 777 g/mol. The van der Waals surface area contributed by atoms with Crippen LogP contribution in [0.5, 0.6) is 0 Å². The summed E-state index contributed by atoms with van der Waals surface area (Å²) in [5, 5.41) is 0. The Morgan fingerprint density at radius 1 is 0.262 bits per heavy atom. The maximum atomic E-state index is 5.11. The minimum atomic E-state index is -0.442. The fourth-order valence-corrected chi connectivity index (χ4v) is 9.40. The molecule has 0 atom stereocenters. The molecule has 10 aromatic rings. The normalized spacial score (nSPS) is 12.4. The maximum absolute atomic E-state index is 5.11. The molecule has 0 saturated carbocycles. The van der Waals surface area contributed by atoms with E-state index in [0.29, 0.717) is 5.82 Å². The highest BCUT2D eigenvalue weighted by molar-refractivity contribution is 5.96. The molecule has 11 rings (SSSR count). The van der Waals surface area contributed by atoms with Crippen molar-refractivity contribution in [3.63, 3.8) is 0 Å². The van der Waals surface area contributed by atoms with Crippen molar-refractivity contribution < 1.29 is 0 Å². The van der Waals surface area contributed by atoms with E-state index in [9.17, 15) is 0 Å². The molecule has 286 valence electrons. The Bertz CT molecular complexity index is 3080. The summed E-state index contributed by atoms with van der Waals surface area (Å²) >= 11 is 0. The first-order valence-corrected chi connectivity index (χ1v) is 20.9. The molecule has 0 aliphatic heterocycles. The number of rotatable bonds is 8. The summed E-state index contributed by atoms with van der Waals surface area (Å²) in [5.41, 5.74) is 19.2. The van der Waals surface area contributed by atoms with Gasteiger partial charge in [0, 0.05) is 16.7 Å². The van der Waals surface area contributed by atoms with Crippen molar-refractivity contribution in [1.29, 1.82) is 0 Å². The second kappa shape index (κ2) is 15.3. The lowest BCUT2D eigenvalue weighted by molar-refractivity contribution is 0.768. The van der Waals surface area contributed by atoms with Crippen molar-refractivity contribution >= 4 is 0 Å². The van der Waals surface area contributed by atoms with Crippen LogP contribution < -0.4 is 0 Å². The summed E-state index contributed by atoms with van der Waals surface area (Å²) < 4.78 is 0. The topological polar surface area (TPSA) is 25.8 Å². The van der Waals surface area contributed by atoms with Crippen molar-refractivity contribution in [2.75, 3.05) is 0 Å². The first kappa shape index (κ1) is 36.2. The molecule has 1 aliphatic carbocycles. The monoisotopic (exact) mass is 776 g/mol. The van der Waals surface area contributed by atoms with Gasteiger partial charge in [-0.25, -0.2) is 9.97 Å². The van der Waals surface area contributed by atoms with Gasteiger partial charge in [-0.05, 0) is 91.0 Å². The van der Waals surface area contributed by atoms with Gasteiger partial charge in [-0.2, -0.15) is 0 Å². The highest BCUT2D eigenvalue weighted by Crippen LogP contribution is 2.58. The van der Waals surface area contributed by atoms with Crippen molar-refractivity contribution in [3.8, 4) is 78.4 Å². The van der Waals surface area contributed by atoms with E-state index in [1.165, 1.54) is 55.6 Å². The Hall–Kier alpha value is -7.94. The zero-order valence-corrected chi connectivity index (χ0v) is 33.5. The van der Waals surface area contributed by atoms with Crippen LogP contribution in [0.15, 0.2) is 243 Å². The first-order valence-electron chi connectivity index (χ1n) is 20.9. The Morgan fingerprint density at radius 2 is 0.656 bits per heavy atom. The lowest BCUT2D eigenvalue weighted by Gasteiger charge is -2.34. The van der Waals surface area contributed by atoms with Crippen molar-refractivity contribution in [2.45, 2.75) is 5.41 Å². The second-order valence-electron chi connectivity index (χ2n) is 15.7. The van der Waals surface area contributed by atoms with Gasteiger partial charge in [0.1, 0.15) is 0 Å². The van der Waals surface area contributed by atoms with E-state index < -0.39 is 5.41 Å². The van der Waals surface area contributed by atoms with Crippen molar-refractivity contribution in [3.05, 3.63) is 265 Å². The zero-order chi connectivity index (χ0) is 40.6. The van der Waals surface area contributed by atoms with Gasteiger partial charge in [0.25, 0.3) is 0 Å². The highest BCUT2D eigenvalue weighted by Gasteiger charge is 2.46. The van der Waals surface area contributed by atoms with Crippen LogP contribution in [0.25, 0.3) is 78.4 Å². The number of nitrogens with zero attached hydrogens (tertiary/aromatic N) is 2. The van der Waals surface area contributed by atoms with Gasteiger partial charge in [-0.15, -0.1) is 0 Å². The molecule has 0 unspecified atom stereocenters. The van der Waals surface area contributed by atoms with Crippen LogP contribution in [0.3, 0.4) is 0 Å². The first-order chi connectivity index (χ1) is 30.2. The highest BCUT2D eigenvalue weighted by atomic mass is 14.9. The minimum absolute atomic E-state index is 0.442. The maximum Gasteiger partial charge on any atom is 0.160 e. The predicted molar refractivity (Wildman–Crippen MR) is 252 cm³/mol. The smallest absolute Gasteiger partial charge is 0.160 e. The van der Waals surface area contributed by atoms with Gasteiger partial charge >= 0.3 is 0 Å². The molecule has 0 N–H and O–H groups in total. The Balaban J connectivity index is 0.991. The van der Waals surface area contributed by atoms with Gasteiger partial charge in [0.2, 0.25) is 0 Å². The fraction of sp³-hybridized carbons (Fsp3) is 0.0169. The summed E-state index contributed by atoms with van der Waals surface area (Å²) in [5.74, 6) is 0.711. The molecule has 1 heterocycles. The largest absolute Gasteiger partial charge is 0.228 e. The van der Waals surface area contributed by atoms with Crippen molar-refractivity contribution in [1.82, 2.24) is 9.97 Å². The third-order valence-corrected chi connectivity index (χ3v) is 12.2. The number of hydrogen-bond acceptors (Lipinski definition) is 2. The minimum Gasteiger partial charge on any atom is -0.228 e. The predicted octanol–water partition coefficient (Wildman–Crippen LogP) is 14.8. The molecule has 1 aromatic heterocycles. The summed E-state index contributed by atoms with van der Waals surface area (Å²) in [6.07, 6.45) is 0. The number of fused-ring (bicyclic) bond motifs is 3. The van der Waals surface area contributed by atoms with E-state index in [4.69, 9.17) is 9.97 Å². The average Bonchev–Trinajstić information content (AvgIpc) is 3.66. The molecule has 0 saturated heterocycles. The van der Waals surface area contributed by atoms with Gasteiger partial charge in [0.15, 0.2) is 5.82 Å². The Labute approximate surface area is 357 Å². The number of hydrogen-bond donors (Lipinski definition) is 0. The summed E-state index contributed by atoms with van der Waals surface area (Å²) in [4.78, 5) is 10.1. The van der Waals surface area contributed by atoms with E-state index in [0.717, 1.165) is 39.2 Å². The third kappa shape index (κ3) is 6.37. The van der Waals surface area contributed by atoms with Crippen LogP contribution >= 0.6 is 0 Å². The molecule has 2 heteroatoms. The Kier molecular flexibility index (Phi) is 9.09. The van der Waals surface area contributed by atoms with E-state index in [2.05, 4.69) is 218 Å². The van der Waals surface area contributed by atoms with Gasteiger partial charge in [-0.1, -0.05) is 218 Å². The van der Waals surface area contributed by atoms with Crippen LogP contribution in [0.4, 0.5) is 0 Å². The van der Waals surface area contributed by atoms with E-state index in [-0.39, 0.29) is 0 Å². The van der Waals surface area contributed by atoms with Gasteiger partial charge in [-0.3, -0.25) is 0 Å². The summed E-state index contributed by atoms with van der Waals surface area (Å²) in [7, 11) is 0. The molecule has 2 nitrogen and oxygen atoms in total. The lowest BCUT2D eigenvalue weighted by Crippen LogP contribution is -2.28. The lowest BCUT2D eigenvalue weighted by atomic mass is 9.67. The van der Waals surface area contributed by atoms with Crippen LogP contribution in [0.1, 0.15) is 22.3 Å². The zero-order valence-electron chi connectivity index (χ0n) is 33.5. The molecule has 0 amide bonds. The molecular formula is C59H40N2. The summed E-state index contributed by atoms with van der Waals surface area (Å²) in [6, 6.07) is 87.2. The third-order valence-electron chi connectivity index (χ3n) is 12.2. The van der Waals surface area contributed by atoms with Crippen LogP contribution in [0, 0.1) is 0 Å². The van der Waals surface area contributed by atoms with Crippen LogP contribution in [-0.2, 0) is 5.41 Å². The van der Waals surface area contributed by atoms with Crippen molar-refractivity contribution in [2.24, 2.45) is 0 Å². The molecule has 1 aliphatic rings. The van der Waals surface area contributed by atoms with E-state index in [1.54, 1.807) is 0 Å². The SMILES string of the molecule is c1ccc(-c2cc(-c3cccc(-c4cccc(-c5cccc(-c6cccc7c6-c6ccccc6C7(c6ccccc6)c6ccccc6)c5)c4)c3)nc(-c3ccccc3)n2)cc1.